The van der Waals surface area contributed by atoms with Crippen molar-refractivity contribution in [1.82, 2.24) is 10.2 Å². The molecule has 1 aliphatic rings. The molecule has 3 aromatic carbocycles. The number of aromatic nitrogens is 2. The molecule has 0 saturated heterocycles. The van der Waals surface area contributed by atoms with E-state index in [1.807, 2.05) is 54.6 Å². The number of carbonyl (C=O) groups excluding carboxylic acids is 2. The highest BCUT2D eigenvalue weighted by Crippen LogP contribution is 2.44. The average molecular weight is 602 g/mol. The Labute approximate surface area is 250 Å². The number of amides is 1. The van der Waals surface area contributed by atoms with Crippen LogP contribution in [0.5, 0.6) is 5.75 Å². The number of halogens is 1. The smallest absolute Gasteiger partial charge is 0.296 e. The molecular weight excluding hydrogens is 578 g/mol. The Morgan fingerprint density at radius 2 is 1.88 bits per heavy atom. The molecule has 4 aromatic rings. The number of aliphatic hydroxyl groups is 1. The molecule has 0 saturated carbocycles. The molecule has 2 heterocycles. The number of aliphatic hydroxyl groups excluding tert-OH is 1. The fraction of sp³-hybridized carbons (Fsp3) is 0.0968. The van der Waals surface area contributed by atoms with Crippen LogP contribution < -0.4 is 9.64 Å². The number of carbonyl (C=O) groups is 2. The highest BCUT2D eigenvalue weighted by Gasteiger charge is 2.45. The minimum Gasteiger partial charge on any atom is -0.503 e. The van der Waals surface area contributed by atoms with Crippen LogP contribution in [-0.2, 0) is 15.3 Å². The van der Waals surface area contributed by atoms with Crippen molar-refractivity contribution in [3.05, 3.63) is 131 Å². The highest BCUT2D eigenvalue weighted by molar-refractivity contribution is 8.00. The third-order valence-corrected chi connectivity index (χ3v) is 8.50. The van der Waals surface area contributed by atoms with E-state index in [9.17, 15) is 14.7 Å². The number of nitrogens with zero attached hydrogens (tertiary/aromatic N) is 3. The second-order valence-electron chi connectivity index (χ2n) is 8.89. The van der Waals surface area contributed by atoms with Crippen molar-refractivity contribution in [3.63, 3.8) is 0 Å². The van der Waals surface area contributed by atoms with E-state index in [0.717, 1.165) is 11.1 Å². The summed E-state index contributed by atoms with van der Waals surface area (Å²) in [5.74, 6) is -0.686. The largest absolute Gasteiger partial charge is 0.503 e. The summed E-state index contributed by atoms with van der Waals surface area (Å²) in [7, 11) is 0. The Bertz CT molecular complexity index is 1630. The molecule has 0 aliphatic carbocycles. The quantitative estimate of drug-likeness (QED) is 0.0839. The topological polar surface area (TPSA) is 92.6 Å². The van der Waals surface area contributed by atoms with Crippen molar-refractivity contribution in [1.29, 1.82) is 0 Å². The predicted octanol–water partition coefficient (Wildman–Crippen LogP) is 7.23. The van der Waals surface area contributed by atoms with Gasteiger partial charge in [0, 0.05) is 10.8 Å². The van der Waals surface area contributed by atoms with Crippen LogP contribution in [0.3, 0.4) is 0 Å². The molecule has 0 radical (unpaired) electrons. The summed E-state index contributed by atoms with van der Waals surface area (Å²) in [5, 5.41) is 20.5. The Kier molecular flexibility index (Phi) is 8.98. The molecule has 1 amide bonds. The van der Waals surface area contributed by atoms with Gasteiger partial charge < -0.3 is 9.84 Å². The van der Waals surface area contributed by atoms with Crippen LogP contribution in [0, 0.1) is 0 Å². The van der Waals surface area contributed by atoms with Gasteiger partial charge in [0.15, 0.2) is 15.9 Å². The van der Waals surface area contributed by atoms with Gasteiger partial charge in [-0.05, 0) is 47.0 Å². The van der Waals surface area contributed by atoms with Gasteiger partial charge in [-0.1, -0.05) is 108 Å². The zero-order valence-corrected chi connectivity index (χ0v) is 24.0. The van der Waals surface area contributed by atoms with Crippen LogP contribution in [0.4, 0.5) is 5.13 Å². The van der Waals surface area contributed by atoms with Crippen molar-refractivity contribution in [3.8, 4) is 5.75 Å². The van der Waals surface area contributed by atoms with E-state index in [4.69, 9.17) is 16.3 Å². The van der Waals surface area contributed by atoms with Crippen molar-refractivity contribution in [2.45, 2.75) is 16.1 Å². The maximum atomic E-state index is 13.5. The van der Waals surface area contributed by atoms with E-state index in [-0.39, 0.29) is 17.3 Å². The standard InChI is InChI=1S/C31H24ClN3O4S2/c1-2-17-39-24-10-6-9-22(18-24)27-26(25(36)16-13-20-7-4-3-5-8-20)28(37)29(38)35(27)30-33-34-31(41-30)40-19-21-11-14-23(32)15-12-21/h2-16,18,27,37H,1,17,19H2/b16-13+. The predicted molar refractivity (Wildman–Crippen MR) is 163 cm³/mol. The lowest BCUT2D eigenvalue weighted by Crippen LogP contribution is -2.30. The highest BCUT2D eigenvalue weighted by atomic mass is 35.5. The van der Waals surface area contributed by atoms with Gasteiger partial charge in [-0.2, -0.15) is 0 Å². The average Bonchev–Trinajstić information content (AvgIpc) is 3.57. The van der Waals surface area contributed by atoms with Gasteiger partial charge in [-0.25, -0.2) is 0 Å². The first kappa shape index (κ1) is 28.4. The summed E-state index contributed by atoms with van der Waals surface area (Å²) >= 11 is 8.65. The number of hydrogen-bond acceptors (Lipinski definition) is 8. The Morgan fingerprint density at radius 3 is 2.63 bits per heavy atom. The molecule has 0 fully saturated rings. The Morgan fingerprint density at radius 1 is 1.10 bits per heavy atom. The van der Waals surface area contributed by atoms with Crippen LogP contribution in [0.15, 0.2) is 113 Å². The summed E-state index contributed by atoms with van der Waals surface area (Å²) in [6.45, 7) is 3.96. The molecule has 0 bridgehead atoms. The number of ketones is 1. The lowest BCUT2D eigenvalue weighted by atomic mass is 9.95. The van der Waals surface area contributed by atoms with Crippen molar-refractivity contribution >= 4 is 57.6 Å². The number of hydrogen-bond donors (Lipinski definition) is 1. The first-order valence-electron chi connectivity index (χ1n) is 12.5. The van der Waals surface area contributed by atoms with Gasteiger partial charge in [0.25, 0.3) is 5.91 Å². The van der Waals surface area contributed by atoms with E-state index < -0.39 is 23.5 Å². The van der Waals surface area contributed by atoms with Gasteiger partial charge in [0.1, 0.15) is 12.4 Å². The molecule has 41 heavy (non-hydrogen) atoms. The minimum atomic E-state index is -0.940. The normalized spacial score (nSPS) is 15.1. The molecule has 10 heteroatoms. The van der Waals surface area contributed by atoms with Crippen molar-refractivity contribution in [2.75, 3.05) is 11.5 Å². The molecule has 1 aliphatic heterocycles. The molecular formula is C31H24ClN3O4S2. The fourth-order valence-electron chi connectivity index (χ4n) is 4.21. The second kappa shape index (κ2) is 13.0. The third kappa shape index (κ3) is 6.59. The number of anilines is 1. The molecule has 1 N–H and O–H groups in total. The molecule has 0 spiro atoms. The van der Waals surface area contributed by atoms with Crippen LogP contribution in [0.25, 0.3) is 6.08 Å². The van der Waals surface area contributed by atoms with Gasteiger partial charge in [-0.3, -0.25) is 14.5 Å². The van der Waals surface area contributed by atoms with Gasteiger partial charge in [0.2, 0.25) is 5.13 Å². The molecule has 206 valence electrons. The first-order valence-corrected chi connectivity index (χ1v) is 14.7. The monoisotopic (exact) mass is 601 g/mol. The maximum Gasteiger partial charge on any atom is 0.296 e. The number of rotatable bonds is 11. The zero-order valence-electron chi connectivity index (χ0n) is 21.6. The van der Waals surface area contributed by atoms with Crippen LogP contribution in [0.2, 0.25) is 5.02 Å². The maximum absolute atomic E-state index is 13.5. The van der Waals surface area contributed by atoms with E-state index in [2.05, 4.69) is 16.8 Å². The third-order valence-electron chi connectivity index (χ3n) is 6.12. The molecule has 7 nitrogen and oxygen atoms in total. The van der Waals surface area contributed by atoms with E-state index in [1.165, 1.54) is 34.1 Å². The SMILES string of the molecule is C=CCOc1cccc(C2C(C(=O)/C=C/c3ccccc3)=C(O)C(=O)N2c2nnc(SCc3ccc(Cl)cc3)s2)c1. The van der Waals surface area contributed by atoms with Crippen LogP contribution in [-0.4, -0.2) is 33.6 Å². The van der Waals surface area contributed by atoms with E-state index in [1.54, 1.807) is 36.4 Å². The van der Waals surface area contributed by atoms with Gasteiger partial charge in [-0.15, -0.1) is 10.2 Å². The number of ether oxygens (including phenoxy) is 1. The number of allylic oxidation sites excluding steroid dienone is 1. The minimum absolute atomic E-state index is 0.0476. The zero-order chi connectivity index (χ0) is 28.8. The Balaban J connectivity index is 1.47. The summed E-state index contributed by atoms with van der Waals surface area (Å²) in [6.07, 6.45) is 4.63. The van der Waals surface area contributed by atoms with Gasteiger partial charge >= 0.3 is 0 Å². The fourth-order valence-corrected chi connectivity index (χ4v) is 6.16. The second-order valence-corrected chi connectivity index (χ2v) is 11.5. The van der Waals surface area contributed by atoms with Crippen LogP contribution >= 0.6 is 34.7 Å². The molecule has 1 aromatic heterocycles. The summed E-state index contributed by atoms with van der Waals surface area (Å²) in [4.78, 5) is 28.3. The molecule has 1 unspecified atom stereocenters. The number of benzene rings is 3. The van der Waals surface area contributed by atoms with Crippen molar-refractivity contribution < 1.29 is 19.4 Å². The summed E-state index contributed by atoms with van der Waals surface area (Å²) in [6, 6.07) is 22.9. The lowest BCUT2D eigenvalue weighted by Gasteiger charge is -2.24. The summed E-state index contributed by atoms with van der Waals surface area (Å²) in [5.41, 5.74) is 2.39. The lowest BCUT2D eigenvalue weighted by molar-refractivity contribution is -0.117. The van der Waals surface area contributed by atoms with E-state index in [0.29, 0.717) is 26.4 Å². The first-order chi connectivity index (χ1) is 19.9. The summed E-state index contributed by atoms with van der Waals surface area (Å²) < 4.78 is 6.33. The molecule has 1 atom stereocenters. The van der Waals surface area contributed by atoms with Crippen LogP contribution in [0.1, 0.15) is 22.7 Å². The van der Waals surface area contributed by atoms with E-state index >= 15 is 0 Å². The van der Waals surface area contributed by atoms with Crippen molar-refractivity contribution in [2.24, 2.45) is 0 Å². The number of thioether (sulfide) groups is 1. The molecule has 5 rings (SSSR count). The van der Waals surface area contributed by atoms with Gasteiger partial charge in [0.05, 0.1) is 11.6 Å². The Hall–Kier alpha value is -4.18.